The second-order valence-corrected chi connectivity index (χ2v) is 5.59. The smallest absolute Gasteiger partial charge is 0.360 e. The van der Waals surface area contributed by atoms with Gasteiger partial charge in [0, 0.05) is 18.1 Å². The van der Waals surface area contributed by atoms with Gasteiger partial charge in [0.2, 0.25) is 11.0 Å². The summed E-state index contributed by atoms with van der Waals surface area (Å²) < 4.78 is 40.4. The highest BCUT2D eigenvalue weighted by Crippen LogP contribution is 2.31. The molecule has 108 valence electrons. The topological polar surface area (TPSA) is 63.8 Å². The first-order valence-corrected chi connectivity index (χ1v) is 7.13. The molecular formula is C11H17F3N4S. The van der Waals surface area contributed by atoms with Crippen LogP contribution in [0.2, 0.25) is 0 Å². The van der Waals surface area contributed by atoms with Crippen molar-refractivity contribution in [2.75, 3.05) is 18.4 Å². The Bertz CT molecular complexity index is 407. The molecule has 0 amide bonds. The lowest BCUT2D eigenvalue weighted by atomic mass is 9.79. The van der Waals surface area contributed by atoms with Crippen LogP contribution in [0.5, 0.6) is 0 Å². The molecule has 4 nitrogen and oxygen atoms in total. The summed E-state index contributed by atoms with van der Waals surface area (Å²) in [6, 6.07) is 0. The Balaban J connectivity index is 1.89. The first-order chi connectivity index (χ1) is 9.00. The average molecular weight is 294 g/mol. The maximum Gasteiger partial charge on any atom is 0.452 e. The minimum Gasteiger partial charge on any atom is -0.360 e. The summed E-state index contributed by atoms with van der Waals surface area (Å²) >= 11 is 0.750. The van der Waals surface area contributed by atoms with E-state index in [0.29, 0.717) is 24.9 Å². The van der Waals surface area contributed by atoms with Crippen molar-refractivity contribution in [1.29, 1.82) is 0 Å². The molecule has 2 unspecified atom stereocenters. The van der Waals surface area contributed by atoms with E-state index in [0.717, 1.165) is 30.8 Å². The van der Waals surface area contributed by atoms with Crippen LogP contribution in [0.25, 0.3) is 0 Å². The van der Waals surface area contributed by atoms with Gasteiger partial charge in [0.1, 0.15) is 0 Å². The fraction of sp³-hybridized carbons (Fsp3) is 0.818. The second-order valence-electron chi connectivity index (χ2n) is 4.84. The van der Waals surface area contributed by atoms with Crippen molar-refractivity contribution in [3.63, 3.8) is 0 Å². The summed E-state index contributed by atoms with van der Waals surface area (Å²) in [4.78, 5) is 3.46. The van der Waals surface area contributed by atoms with E-state index < -0.39 is 12.0 Å². The summed E-state index contributed by atoms with van der Waals surface area (Å²) in [7, 11) is 0. The minimum absolute atomic E-state index is 0.230. The van der Waals surface area contributed by atoms with Crippen LogP contribution in [-0.2, 0) is 6.18 Å². The highest BCUT2D eigenvalue weighted by Gasteiger charge is 2.36. The number of nitrogens with zero attached hydrogens (tertiary/aromatic N) is 2. The third kappa shape index (κ3) is 3.79. The number of aromatic nitrogens is 2. The van der Waals surface area contributed by atoms with Gasteiger partial charge < -0.3 is 11.1 Å². The molecule has 0 saturated heterocycles. The molecule has 8 heteroatoms. The fourth-order valence-corrected chi connectivity index (χ4v) is 3.08. The van der Waals surface area contributed by atoms with Crippen LogP contribution in [0.4, 0.5) is 18.3 Å². The third-order valence-corrected chi connectivity index (χ3v) is 4.24. The van der Waals surface area contributed by atoms with E-state index >= 15 is 0 Å². The van der Waals surface area contributed by atoms with E-state index in [1.807, 2.05) is 0 Å². The van der Waals surface area contributed by atoms with E-state index in [2.05, 4.69) is 14.7 Å². The van der Waals surface area contributed by atoms with Gasteiger partial charge in [-0.2, -0.15) is 22.5 Å². The third-order valence-electron chi connectivity index (χ3n) is 3.56. The van der Waals surface area contributed by atoms with Crippen LogP contribution in [0.15, 0.2) is 0 Å². The van der Waals surface area contributed by atoms with Gasteiger partial charge in [-0.15, -0.1) is 0 Å². The lowest BCUT2D eigenvalue weighted by Gasteiger charge is -2.30. The van der Waals surface area contributed by atoms with E-state index in [1.165, 1.54) is 6.42 Å². The first-order valence-electron chi connectivity index (χ1n) is 6.35. The number of hydrogen-bond acceptors (Lipinski definition) is 5. The van der Waals surface area contributed by atoms with Crippen molar-refractivity contribution in [3.05, 3.63) is 5.82 Å². The molecule has 1 aromatic heterocycles. The molecule has 2 rings (SSSR count). The Morgan fingerprint density at radius 1 is 1.26 bits per heavy atom. The molecule has 1 aliphatic carbocycles. The minimum atomic E-state index is -4.47. The largest absolute Gasteiger partial charge is 0.452 e. The Kier molecular flexibility index (Phi) is 4.62. The van der Waals surface area contributed by atoms with E-state index in [4.69, 9.17) is 5.73 Å². The molecule has 3 N–H and O–H groups in total. The van der Waals surface area contributed by atoms with Gasteiger partial charge in [0.05, 0.1) is 0 Å². The number of nitrogens with one attached hydrogen (secondary N) is 1. The van der Waals surface area contributed by atoms with Gasteiger partial charge in [0.15, 0.2) is 0 Å². The lowest BCUT2D eigenvalue weighted by molar-refractivity contribution is -0.144. The molecule has 0 spiro atoms. The van der Waals surface area contributed by atoms with Crippen molar-refractivity contribution in [2.24, 2.45) is 17.6 Å². The van der Waals surface area contributed by atoms with Gasteiger partial charge in [-0.3, -0.25) is 0 Å². The highest BCUT2D eigenvalue weighted by molar-refractivity contribution is 7.09. The molecule has 1 aliphatic rings. The molecule has 0 aromatic carbocycles. The van der Waals surface area contributed by atoms with Crippen LogP contribution in [0, 0.1) is 11.8 Å². The van der Waals surface area contributed by atoms with Crippen molar-refractivity contribution >= 4 is 16.7 Å². The molecule has 0 bridgehead atoms. The molecule has 2 atom stereocenters. The zero-order valence-electron chi connectivity index (χ0n) is 10.4. The number of alkyl halides is 3. The Labute approximate surface area is 113 Å². The summed E-state index contributed by atoms with van der Waals surface area (Å²) in [6.07, 6.45) is 0.0514. The van der Waals surface area contributed by atoms with Gasteiger partial charge >= 0.3 is 6.18 Å². The summed E-state index contributed by atoms with van der Waals surface area (Å²) in [5.41, 5.74) is 5.72. The standard InChI is InChI=1S/C11H17F3N4S/c12-11(13,14)9-17-10(19-18-9)16-6-8-4-2-1-3-7(8)5-15/h7-8H,1-6,15H2,(H,16,17,18). The fourth-order valence-electron chi connectivity index (χ4n) is 2.49. The summed E-state index contributed by atoms with van der Waals surface area (Å²) in [5, 5.41) is 3.19. The van der Waals surface area contributed by atoms with Crippen molar-refractivity contribution in [1.82, 2.24) is 9.36 Å². The molecule has 0 aliphatic heterocycles. The number of rotatable bonds is 4. The van der Waals surface area contributed by atoms with Crippen LogP contribution in [0.1, 0.15) is 31.5 Å². The van der Waals surface area contributed by atoms with E-state index in [9.17, 15) is 13.2 Å². The maximum atomic E-state index is 12.4. The van der Waals surface area contributed by atoms with Gasteiger partial charge in [-0.05, 0) is 31.2 Å². The maximum absolute atomic E-state index is 12.4. The number of hydrogen-bond donors (Lipinski definition) is 2. The highest BCUT2D eigenvalue weighted by atomic mass is 32.1. The van der Waals surface area contributed by atoms with Gasteiger partial charge in [-0.25, -0.2) is 0 Å². The zero-order chi connectivity index (χ0) is 13.9. The first kappa shape index (κ1) is 14.5. The molecule has 1 saturated carbocycles. The van der Waals surface area contributed by atoms with Gasteiger partial charge in [0.25, 0.3) is 0 Å². The summed E-state index contributed by atoms with van der Waals surface area (Å²) in [6.45, 7) is 1.25. The molecular weight excluding hydrogens is 277 g/mol. The Morgan fingerprint density at radius 2 is 1.95 bits per heavy atom. The predicted molar refractivity (Wildman–Crippen MR) is 67.9 cm³/mol. The van der Waals surface area contributed by atoms with Crippen molar-refractivity contribution in [3.8, 4) is 0 Å². The quantitative estimate of drug-likeness (QED) is 0.896. The van der Waals surface area contributed by atoms with Crippen LogP contribution < -0.4 is 11.1 Å². The molecule has 1 heterocycles. The molecule has 1 fully saturated rings. The normalized spacial score (nSPS) is 24.4. The van der Waals surface area contributed by atoms with Crippen molar-refractivity contribution in [2.45, 2.75) is 31.9 Å². The van der Waals surface area contributed by atoms with Crippen molar-refractivity contribution < 1.29 is 13.2 Å². The monoisotopic (exact) mass is 294 g/mol. The summed E-state index contributed by atoms with van der Waals surface area (Å²) in [5.74, 6) is -0.202. The molecule has 1 aromatic rings. The average Bonchev–Trinajstić information content (AvgIpc) is 2.85. The lowest BCUT2D eigenvalue weighted by Crippen LogP contribution is -2.31. The number of nitrogens with two attached hydrogens (primary N) is 1. The van der Waals surface area contributed by atoms with Crippen LogP contribution in [0.3, 0.4) is 0 Å². The number of halogens is 3. The van der Waals surface area contributed by atoms with Crippen LogP contribution in [-0.4, -0.2) is 22.4 Å². The van der Waals surface area contributed by atoms with E-state index in [1.54, 1.807) is 0 Å². The second kappa shape index (κ2) is 6.04. The number of anilines is 1. The van der Waals surface area contributed by atoms with E-state index in [-0.39, 0.29) is 5.13 Å². The molecule has 0 radical (unpaired) electrons. The Morgan fingerprint density at radius 3 is 2.53 bits per heavy atom. The zero-order valence-corrected chi connectivity index (χ0v) is 11.2. The molecule has 19 heavy (non-hydrogen) atoms. The Hall–Kier alpha value is -0.890. The predicted octanol–water partition coefficient (Wildman–Crippen LogP) is 2.73. The SMILES string of the molecule is NCC1CCCCC1CNc1nc(C(F)(F)F)ns1. The van der Waals surface area contributed by atoms with Gasteiger partial charge in [-0.1, -0.05) is 12.8 Å². The van der Waals surface area contributed by atoms with Crippen LogP contribution >= 0.6 is 11.5 Å².